The Morgan fingerprint density at radius 1 is 1.05 bits per heavy atom. The summed E-state index contributed by atoms with van der Waals surface area (Å²) in [6, 6.07) is 11.9. The van der Waals surface area contributed by atoms with Crippen LogP contribution >= 0.6 is 0 Å². The summed E-state index contributed by atoms with van der Waals surface area (Å²) in [5, 5.41) is 4.99. The lowest BCUT2D eigenvalue weighted by atomic mass is 10.2. The minimum Gasteiger partial charge on any atom is -0.497 e. The number of rotatable bonds is 3. The summed E-state index contributed by atoms with van der Waals surface area (Å²) in [7, 11) is 1.52. The summed E-state index contributed by atoms with van der Waals surface area (Å²) in [6.07, 6.45) is 0. The summed E-state index contributed by atoms with van der Waals surface area (Å²) in [6.45, 7) is 1.87. The number of carbonyl (C=O) groups excluding carboxylic acids is 2. The molecule has 0 unspecified atom stereocenters. The Morgan fingerprint density at radius 3 is 2.50 bits per heavy atom. The summed E-state index contributed by atoms with van der Waals surface area (Å²) in [5.41, 5.74) is 7.97. The van der Waals surface area contributed by atoms with Crippen LogP contribution in [0.3, 0.4) is 0 Å². The first-order chi connectivity index (χ1) is 10.5. The Morgan fingerprint density at radius 2 is 1.77 bits per heavy atom. The van der Waals surface area contributed by atoms with E-state index < -0.39 is 11.8 Å². The number of nitrogen functional groups attached to an aromatic ring is 1. The molecule has 0 aliphatic heterocycles. The Labute approximate surface area is 128 Å². The first-order valence-electron chi connectivity index (χ1n) is 6.62. The van der Waals surface area contributed by atoms with Gasteiger partial charge in [-0.2, -0.15) is 0 Å². The van der Waals surface area contributed by atoms with Crippen LogP contribution in [0.4, 0.5) is 17.1 Å². The van der Waals surface area contributed by atoms with Gasteiger partial charge in [0.05, 0.1) is 18.5 Å². The fourth-order valence-electron chi connectivity index (χ4n) is 1.85. The van der Waals surface area contributed by atoms with Gasteiger partial charge < -0.3 is 21.1 Å². The van der Waals surface area contributed by atoms with Crippen molar-refractivity contribution in [2.45, 2.75) is 6.92 Å². The zero-order valence-corrected chi connectivity index (χ0v) is 12.3. The van der Waals surface area contributed by atoms with Crippen LogP contribution in [-0.4, -0.2) is 18.9 Å². The van der Waals surface area contributed by atoms with Crippen molar-refractivity contribution in [3.05, 3.63) is 48.0 Å². The average Bonchev–Trinajstić information content (AvgIpc) is 2.51. The van der Waals surface area contributed by atoms with Crippen molar-refractivity contribution in [1.29, 1.82) is 0 Å². The number of carbonyl (C=O) groups is 2. The van der Waals surface area contributed by atoms with Crippen LogP contribution in [0, 0.1) is 6.92 Å². The summed E-state index contributed by atoms with van der Waals surface area (Å²) >= 11 is 0. The van der Waals surface area contributed by atoms with E-state index in [4.69, 9.17) is 10.5 Å². The highest BCUT2D eigenvalue weighted by atomic mass is 16.5. The molecule has 0 aliphatic rings. The molecule has 0 bridgehead atoms. The average molecular weight is 299 g/mol. The van der Waals surface area contributed by atoms with Crippen LogP contribution < -0.4 is 21.1 Å². The summed E-state index contributed by atoms with van der Waals surface area (Å²) < 4.78 is 5.05. The maximum atomic E-state index is 11.9. The van der Waals surface area contributed by atoms with E-state index in [9.17, 15) is 9.59 Å². The van der Waals surface area contributed by atoms with E-state index in [1.54, 1.807) is 36.4 Å². The standard InChI is InChI=1S/C16H17N3O3/c1-10-6-7-13(17)14(8-10)19-16(21)15(20)18-11-4-3-5-12(9-11)22-2/h3-9H,17H2,1-2H3,(H,18,20)(H,19,21). The highest BCUT2D eigenvalue weighted by Crippen LogP contribution is 2.20. The number of anilines is 3. The highest BCUT2D eigenvalue weighted by Gasteiger charge is 2.15. The molecule has 0 radical (unpaired) electrons. The van der Waals surface area contributed by atoms with E-state index in [1.165, 1.54) is 7.11 Å². The number of nitrogens with two attached hydrogens (primary N) is 1. The van der Waals surface area contributed by atoms with Crippen LogP contribution in [0.5, 0.6) is 5.75 Å². The number of nitrogens with one attached hydrogen (secondary N) is 2. The molecule has 0 aliphatic carbocycles. The van der Waals surface area contributed by atoms with Gasteiger partial charge in [0.1, 0.15) is 5.75 Å². The molecule has 6 heteroatoms. The third kappa shape index (κ3) is 3.76. The topological polar surface area (TPSA) is 93.4 Å². The van der Waals surface area contributed by atoms with Crippen molar-refractivity contribution >= 4 is 28.9 Å². The number of methoxy groups -OCH3 is 1. The molecule has 0 saturated carbocycles. The molecule has 0 saturated heterocycles. The first kappa shape index (κ1) is 15.4. The van der Waals surface area contributed by atoms with E-state index in [2.05, 4.69) is 10.6 Å². The number of ether oxygens (including phenoxy) is 1. The second-order valence-electron chi connectivity index (χ2n) is 4.73. The molecule has 0 spiro atoms. The third-order valence-electron chi connectivity index (χ3n) is 2.99. The molecule has 0 aromatic heterocycles. The molecule has 2 amide bonds. The molecule has 22 heavy (non-hydrogen) atoms. The highest BCUT2D eigenvalue weighted by molar-refractivity contribution is 6.43. The predicted molar refractivity (Wildman–Crippen MR) is 85.8 cm³/mol. The molecule has 4 N–H and O–H groups in total. The van der Waals surface area contributed by atoms with Crippen LogP contribution in [0.25, 0.3) is 0 Å². The lowest BCUT2D eigenvalue weighted by Crippen LogP contribution is -2.29. The van der Waals surface area contributed by atoms with Crippen molar-refractivity contribution in [2.24, 2.45) is 0 Å². The molecule has 6 nitrogen and oxygen atoms in total. The van der Waals surface area contributed by atoms with Gasteiger partial charge in [0.25, 0.3) is 0 Å². The lowest BCUT2D eigenvalue weighted by molar-refractivity contribution is -0.132. The number of amides is 2. The normalized spacial score (nSPS) is 9.91. The molecule has 0 atom stereocenters. The minimum absolute atomic E-state index is 0.396. The van der Waals surface area contributed by atoms with Crippen LogP contribution in [0.15, 0.2) is 42.5 Å². The molecular weight excluding hydrogens is 282 g/mol. The molecule has 0 fully saturated rings. The zero-order valence-electron chi connectivity index (χ0n) is 12.3. The van der Waals surface area contributed by atoms with E-state index in [0.717, 1.165) is 5.56 Å². The SMILES string of the molecule is COc1cccc(NC(=O)C(=O)Nc2cc(C)ccc2N)c1. The van der Waals surface area contributed by atoms with Crippen LogP contribution in [0.2, 0.25) is 0 Å². The van der Waals surface area contributed by atoms with Crippen molar-refractivity contribution in [1.82, 2.24) is 0 Å². The molecular formula is C16H17N3O3. The van der Waals surface area contributed by atoms with Crippen molar-refractivity contribution in [2.75, 3.05) is 23.5 Å². The van der Waals surface area contributed by atoms with Crippen molar-refractivity contribution in [3.63, 3.8) is 0 Å². The summed E-state index contributed by atoms with van der Waals surface area (Å²) in [4.78, 5) is 23.8. The fourth-order valence-corrected chi connectivity index (χ4v) is 1.85. The zero-order chi connectivity index (χ0) is 16.1. The van der Waals surface area contributed by atoms with Gasteiger partial charge in [-0.1, -0.05) is 12.1 Å². The Balaban J connectivity index is 2.06. The Hall–Kier alpha value is -3.02. The largest absolute Gasteiger partial charge is 0.497 e. The molecule has 0 heterocycles. The van der Waals surface area contributed by atoms with E-state index >= 15 is 0 Å². The smallest absolute Gasteiger partial charge is 0.314 e. The van der Waals surface area contributed by atoms with Gasteiger partial charge in [-0.3, -0.25) is 9.59 Å². The minimum atomic E-state index is -0.792. The summed E-state index contributed by atoms with van der Waals surface area (Å²) in [5.74, 6) is -0.990. The molecule has 2 aromatic rings. The molecule has 114 valence electrons. The number of hydrogen-bond acceptors (Lipinski definition) is 4. The first-order valence-corrected chi connectivity index (χ1v) is 6.62. The fraction of sp³-hybridized carbons (Fsp3) is 0.125. The maximum absolute atomic E-state index is 11.9. The Bertz CT molecular complexity index is 714. The number of benzene rings is 2. The monoisotopic (exact) mass is 299 g/mol. The maximum Gasteiger partial charge on any atom is 0.314 e. The van der Waals surface area contributed by atoms with E-state index in [1.807, 2.05) is 13.0 Å². The van der Waals surface area contributed by atoms with E-state index in [-0.39, 0.29) is 0 Å². The van der Waals surface area contributed by atoms with Gasteiger partial charge in [0.15, 0.2) is 0 Å². The van der Waals surface area contributed by atoms with Crippen molar-refractivity contribution < 1.29 is 14.3 Å². The molecule has 2 aromatic carbocycles. The second kappa shape index (κ2) is 6.62. The van der Waals surface area contributed by atoms with Gasteiger partial charge in [0.2, 0.25) is 0 Å². The van der Waals surface area contributed by atoms with Crippen molar-refractivity contribution in [3.8, 4) is 5.75 Å². The van der Waals surface area contributed by atoms with E-state index in [0.29, 0.717) is 22.8 Å². The predicted octanol–water partition coefficient (Wildman–Crippen LogP) is 2.16. The number of aryl methyl sites for hydroxylation is 1. The quantitative estimate of drug-likeness (QED) is 0.598. The van der Waals surface area contributed by atoms with Gasteiger partial charge in [-0.05, 0) is 36.8 Å². The van der Waals surface area contributed by atoms with Crippen LogP contribution in [-0.2, 0) is 9.59 Å². The third-order valence-corrected chi connectivity index (χ3v) is 2.99. The second-order valence-corrected chi connectivity index (χ2v) is 4.73. The lowest BCUT2D eigenvalue weighted by Gasteiger charge is -2.10. The molecule has 2 rings (SSSR count). The van der Waals surface area contributed by atoms with Crippen LogP contribution in [0.1, 0.15) is 5.56 Å². The Kier molecular flexibility index (Phi) is 4.63. The van der Waals surface area contributed by atoms with Gasteiger partial charge in [0, 0.05) is 11.8 Å². The van der Waals surface area contributed by atoms with Gasteiger partial charge in [-0.15, -0.1) is 0 Å². The number of hydrogen-bond donors (Lipinski definition) is 3. The van der Waals surface area contributed by atoms with Gasteiger partial charge in [-0.25, -0.2) is 0 Å². The van der Waals surface area contributed by atoms with Gasteiger partial charge >= 0.3 is 11.8 Å².